The van der Waals surface area contributed by atoms with Crippen LogP contribution in [0.2, 0.25) is 0 Å². The van der Waals surface area contributed by atoms with E-state index < -0.39 is 0 Å². The molecule has 1 aromatic carbocycles. The van der Waals surface area contributed by atoms with Gasteiger partial charge in [0.15, 0.2) is 0 Å². The monoisotopic (exact) mass is 408 g/mol. The highest BCUT2D eigenvalue weighted by atomic mass is 16.6. The van der Waals surface area contributed by atoms with Crippen molar-refractivity contribution in [3.05, 3.63) is 42.0 Å². The molecule has 2 aliphatic heterocycles. The van der Waals surface area contributed by atoms with Crippen molar-refractivity contribution in [3.63, 3.8) is 0 Å². The number of esters is 1. The van der Waals surface area contributed by atoms with Gasteiger partial charge in [-0.2, -0.15) is 0 Å². The van der Waals surface area contributed by atoms with Crippen LogP contribution >= 0.6 is 0 Å². The number of piperazine rings is 1. The third-order valence-corrected chi connectivity index (χ3v) is 8.51. The zero-order valence-corrected chi connectivity index (χ0v) is 18.6. The third-order valence-electron chi connectivity index (χ3n) is 8.51. The number of anilines is 1. The van der Waals surface area contributed by atoms with E-state index >= 15 is 0 Å². The molecule has 0 N–H and O–H groups in total. The smallest absolute Gasteiger partial charge is 0.310 e. The maximum Gasteiger partial charge on any atom is 0.310 e. The molecule has 4 heteroatoms. The van der Waals surface area contributed by atoms with Gasteiger partial charge in [0.2, 0.25) is 0 Å². The molecule has 0 spiro atoms. The first-order chi connectivity index (χ1) is 14.4. The summed E-state index contributed by atoms with van der Waals surface area (Å²) >= 11 is 0. The zero-order chi connectivity index (χ0) is 20.9. The number of rotatable bonds is 3. The topological polar surface area (TPSA) is 32.8 Å². The molecule has 0 radical (unpaired) electrons. The lowest BCUT2D eigenvalue weighted by atomic mass is 9.55. The average Bonchev–Trinajstić information content (AvgIpc) is 3.01. The van der Waals surface area contributed by atoms with Gasteiger partial charge in [0.1, 0.15) is 6.10 Å². The predicted octanol–water partition coefficient (Wildman–Crippen LogP) is 4.43. The van der Waals surface area contributed by atoms with Crippen molar-refractivity contribution < 1.29 is 9.53 Å². The van der Waals surface area contributed by atoms with Gasteiger partial charge < -0.3 is 9.64 Å². The Labute approximate surface area is 181 Å². The number of nitrogens with zero attached hydrogens (tertiary/aromatic N) is 2. The largest absolute Gasteiger partial charge is 0.462 e. The summed E-state index contributed by atoms with van der Waals surface area (Å²) in [4.78, 5) is 17.8. The summed E-state index contributed by atoms with van der Waals surface area (Å²) in [6, 6.07) is 8.77. The summed E-state index contributed by atoms with van der Waals surface area (Å²) in [7, 11) is 0. The van der Waals surface area contributed by atoms with Crippen LogP contribution in [-0.2, 0) is 9.53 Å². The Bertz CT molecular complexity index is 828. The van der Waals surface area contributed by atoms with Crippen molar-refractivity contribution in [1.29, 1.82) is 0 Å². The van der Waals surface area contributed by atoms with Gasteiger partial charge in [0, 0.05) is 44.3 Å². The van der Waals surface area contributed by atoms with Gasteiger partial charge in [-0.15, -0.1) is 0 Å². The minimum Gasteiger partial charge on any atom is -0.462 e. The minimum atomic E-state index is 0.0415. The van der Waals surface area contributed by atoms with Gasteiger partial charge in [-0.25, -0.2) is 0 Å². The molecule has 2 aliphatic carbocycles. The Balaban J connectivity index is 1.23. The molecule has 0 unspecified atom stereocenters. The van der Waals surface area contributed by atoms with E-state index in [-0.39, 0.29) is 23.4 Å². The number of hydrogen-bond acceptors (Lipinski definition) is 4. The second-order valence-electron chi connectivity index (χ2n) is 10.5. The summed E-state index contributed by atoms with van der Waals surface area (Å²) in [5, 5.41) is 0. The van der Waals surface area contributed by atoms with Crippen molar-refractivity contribution in [2.75, 3.05) is 37.6 Å². The Morgan fingerprint density at radius 1 is 1.23 bits per heavy atom. The molecule has 0 amide bonds. The Morgan fingerprint density at radius 2 is 2.03 bits per heavy atom. The molecule has 0 aromatic heterocycles. The van der Waals surface area contributed by atoms with Gasteiger partial charge in [0.25, 0.3) is 0 Å². The molecule has 5 atom stereocenters. The van der Waals surface area contributed by atoms with E-state index in [9.17, 15) is 4.79 Å². The standard InChI is InChI=1S/C26H36N2O2/c1-18-6-4-8-20(14-18)28-12-10-27(11-13-28)17-22-21-15-23-19(2)7-5-9-26(23,3)16-24(21)30-25(22)29/h4,6,8,14,21-24H,2,5,7,9-13,15-17H2,1,3H3/t21-,22+,23+,24-,26-/m1/s1. The van der Waals surface area contributed by atoms with Crippen LogP contribution in [0.4, 0.5) is 5.69 Å². The number of allylic oxidation sites excluding steroid dienone is 1. The molecule has 0 bridgehead atoms. The summed E-state index contributed by atoms with van der Waals surface area (Å²) in [5.74, 6) is 1.04. The lowest BCUT2D eigenvalue weighted by molar-refractivity contribution is -0.146. The fourth-order valence-corrected chi connectivity index (χ4v) is 6.76. The van der Waals surface area contributed by atoms with E-state index in [1.807, 2.05) is 0 Å². The van der Waals surface area contributed by atoms with Crippen molar-refractivity contribution in [3.8, 4) is 0 Å². The van der Waals surface area contributed by atoms with Crippen LogP contribution in [0.15, 0.2) is 36.4 Å². The average molecular weight is 409 g/mol. The molecule has 162 valence electrons. The quantitative estimate of drug-likeness (QED) is 0.547. The number of ether oxygens (including phenoxy) is 1. The van der Waals surface area contributed by atoms with E-state index in [0.29, 0.717) is 11.8 Å². The van der Waals surface area contributed by atoms with Crippen LogP contribution in [-0.4, -0.2) is 49.7 Å². The second-order valence-corrected chi connectivity index (χ2v) is 10.5. The van der Waals surface area contributed by atoms with Gasteiger partial charge >= 0.3 is 5.97 Å². The maximum absolute atomic E-state index is 12.8. The molecule has 2 heterocycles. The number of carbonyl (C=O) groups excluding carboxylic acids is 1. The van der Waals surface area contributed by atoms with Crippen LogP contribution in [0.3, 0.4) is 0 Å². The van der Waals surface area contributed by atoms with Crippen LogP contribution < -0.4 is 4.90 Å². The first-order valence-electron chi connectivity index (χ1n) is 11.8. The Morgan fingerprint density at radius 3 is 2.80 bits per heavy atom. The fraction of sp³-hybridized carbons (Fsp3) is 0.654. The predicted molar refractivity (Wildman–Crippen MR) is 121 cm³/mol. The lowest BCUT2D eigenvalue weighted by Gasteiger charge is -2.50. The highest BCUT2D eigenvalue weighted by molar-refractivity contribution is 5.75. The van der Waals surface area contributed by atoms with Crippen molar-refractivity contribution in [2.45, 2.75) is 52.1 Å². The fourth-order valence-electron chi connectivity index (χ4n) is 6.76. The molecule has 2 saturated carbocycles. The van der Waals surface area contributed by atoms with Gasteiger partial charge in [-0.05, 0) is 68.1 Å². The molecule has 4 aliphatic rings. The molecule has 5 rings (SSSR count). The van der Waals surface area contributed by atoms with Crippen molar-refractivity contribution in [1.82, 2.24) is 4.90 Å². The zero-order valence-electron chi connectivity index (χ0n) is 18.6. The first-order valence-corrected chi connectivity index (χ1v) is 11.8. The molecule has 4 fully saturated rings. The van der Waals surface area contributed by atoms with E-state index in [1.165, 1.54) is 29.7 Å². The van der Waals surface area contributed by atoms with Crippen LogP contribution in [0.5, 0.6) is 0 Å². The first kappa shape index (κ1) is 20.1. The van der Waals surface area contributed by atoms with Crippen molar-refractivity contribution in [2.24, 2.45) is 23.2 Å². The second kappa shape index (κ2) is 7.71. The number of aryl methyl sites for hydroxylation is 1. The number of fused-ring (bicyclic) bond motifs is 2. The normalized spacial score (nSPS) is 36.9. The van der Waals surface area contributed by atoms with Crippen LogP contribution in [0, 0.1) is 30.1 Å². The molecule has 30 heavy (non-hydrogen) atoms. The molecular formula is C26H36N2O2. The molecular weight excluding hydrogens is 372 g/mol. The van der Waals surface area contributed by atoms with Gasteiger partial charge in [-0.1, -0.05) is 31.2 Å². The van der Waals surface area contributed by atoms with Crippen LogP contribution in [0.1, 0.15) is 44.6 Å². The van der Waals surface area contributed by atoms with Gasteiger partial charge in [0.05, 0.1) is 5.92 Å². The SMILES string of the molecule is C=C1CCC[C@]2(C)C[C@H]3OC(=O)[C@@H](CN4CCN(c5cccc(C)c5)CC4)[C@H]3C[C@@H]12. The molecule has 1 aromatic rings. The highest BCUT2D eigenvalue weighted by Crippen LogP contribution is 2.56. The Kier molecular flexibility index (Phi) is 5.17. The van der Waals surface area contributed by atoms with E-state index in [2.05, 4.69) is 54.5 Å². The minimum absolute atomic E-state index is 0.0415. The lowest BCUT2D eigenvalue weighted by Crippen LogP contribution is -2.50. The number of benzene rings is 1. The Hall–Kier alpha value is -1.81. The van der Waals surface area contributed by atoms with E-state index in [4.69, 9.17) is 4.74 Å². The molecule has 4 nitrogen and oxygen atoms in total. The number of hydrogen-bond donors (Lipinski definition) is 0. The number of carbonyl (C=O) groups is 1. The van der Waals surface area contributed by atoms with Gasteiger partial charge in [-0.3, -0.25) is 9.69 Å². The van der Waals surface area contributed by atoms with E-state index in [0.717, 1.165) is 52.0 Å². The van der Waals surface area contributed by atoms with E-state index in [1.54, 1.807) is 0 Å². The maximum atomic E-state index is 12.8. The summed E-state index contributed by atoms with van der Waals surface area (Å²) in [6.07, 6.45) is 5.92. The third kappa shape index (κ3) is 3.57. The highest BCUT2D eigenvalue weighted by Gasteiger charge is 2.55. The van der Waals surface area contributed by atoms with Crippen LogP contribution in [0.25, 0.3) is 0 Å². The summed E-state index contributed by atoms with van der Waals surface area (Å²) in [5.41, 5.74) is 4.33. The summed E-state index contributed by atoms with van der Waals surface area (Å²) in [6.45, 7) is 13.9. The van der Waals surface area contributed by atoms with Crippen molar-refractivity contribution >= 4 is 11.7 Å². The summed E-state index contributed by atoms with van der Waals surface area (Å²) < 4.78 is 5.97. The molecule has 2 saturated heterocycles.